The Morgan fingerprint density at radius 3 is 2.75 bits per heavy atom. The lowest BCUT2D eigenvalue weighted by Crippen LogP contribution is -2.44. The van der Waals surface area contributed by atoms with Gasteiger partial charge in [0.15, 0.2) is 11.6 Å². The monoisotopic (exact) mass is 355 g/mol. The molecular weight excluding hydrogens is 337 g/mol. The molecule has 2 rings (SSSR count). The number of carbonyl (C=O) groups is 2. The molecule has 0 fully saturated rings. The lowest BCUT2D eigenvalue weighted by molar-refractivity contribution is -0.151. The van der Waals surface area contributed by atoms with Crippen LogP contribution in [0, 0.1) is 11.7 Å². The van der Waals surface area contributed by atoms with Crippen molar-refractivity contribution in [2.45, 2.75) is 26.3 Å². The molecule has 1 aliphatic heterocycles. The van der Waals surface area contributed by atoms with Gasteiger partial charge in [0.25, 0.3) is 5.91 Å². The Labute approximate surface area is 145 Å². The third kappa shape index (κ3) is 4.06. The molecule has 0 saturated heterocycles. The molecule has 0 spiro atoms. The van der Waals surface area contributed by atoms with Crippen molar-refractivity contribution in [2.24, 2.45) is 5.92 Å². The molecule has 7 heteroatoms. The number of halogens is 2. The van der Waals surface area contributed by atoms with Crippen LogP contribution in [0.1, 0.15) is 20.3 Å². The van der Waals surface area contributed by atoms with Gasteiger partial charge in [-0.25, -0.2) is 9.18 Å². The van der Waals surface area contributed by atoms with E-state index in [2.05, 4.69) is 0 Å². The van der Waals surface area contributed by atoms with Crippen LogP contribution in [0.15, 0.2) is 30.0 Å². The van der Waals surface area contributed by atoms with E-state index < -0.39 is 17.8 Å². The number of amides is 1. The number of esters is 1. The first-order valence-electron chi connectivity index (χ1n) is 7.54. The molecule has 24 heavy (non-hydrogen) atoms. The molecule has 1 aliphatic rings. The highest BCUT2D eigenvalue weighted by Gasteiger charge is 2.35. The zero-order valence-corrected chi connectivity index (χ0v) is 14.5. The van der Waals surface area contributed by atoms with Gasteiger partial charge in [0.1, 0.15) is 11.8 Å². The maximum atomic E-state index is 13.9. The fourth-order valence-corrected chi connectivity index (χ4v) is 2.64. The number of nitrogens with zero attached hydrogens (tertiary/aromatic N) is 1. The quantitative estimate of drug-likeness (QED) is 0.735. The van der Waals surface area contributed by atoms with Crippen LogP contribution in [-0.2, 0) is 14.3 Å². The van der Waals surface area contributed by atoms with Crippen LogP contribution in [0.3, 0.4) is 0 Å². The maximum Gasteiger partial charge on any atom is 0.328 e. The van der Waals surface area contributed by atoms with Crippen LogP contribution in [0.2, 0.25) is 5.02 Å². The Balaban J connectivity index is 2.14. The number of hydrogen-bond acceptors (Lipinski definition) is 4. The highest BCUT2D eigenvalue weighted by Crippen LogP contribution is 2.28. The van der Waals surface area contributed by atoms with Gasteiger partial charge in [-0.1, -0.05) is 31.5 Å². The minimum atomic E-state index is -0.705. The second-order valence-corrected chi connectivity index (χ2v) is 6.31. The van der Waals surface area contributed by atoms with Gasteiger partial charge in [-0.2, -0.15) is 0 Å². The van der Waals surface area contributed by atoms with E-state index in [4.69, 9.17) is 21.1 Å². The van der Waals surface area contributed by atoms with E-state index >= 15 is 0 Å². The second-order valence-electron chi connectivity index (χ2n) is 5.90. The minimum absolute atomic E-state index is 0.0667. The first-order chi connectivity index (χ1) is 11.3. The molecule has 1 aromatic carbocycles. The topological polar surface area (TPSA) is 55.8 Å². The van der Waals surface area contributed by atoms with Crippen LogP contribution >= 0.6 is 11.6 Å². The Morgan fingerprint density at radius 2 is 2.12 bits per heavy atom. The standard InChI is InChI=1S/C17H19ClFNO4/c1-10(2)7-13(17(22)23-3)20-9-11(8-15(20)21)24-14-6-4-5-12(18)16(14)19/h4-6,8,10,13H,7,9H2,1-3H3. The summed E-state index contributed by atoms with van der Waals surface area (Å²) in [7, 11) is 1.28. The lowest BCUT2D eigenvalue weighted by atomic mass is 10.0. The highest BCUT2D eigenvalue weighted by atomic mass is 35.5. The minimum Gasteiger partial charge on any atom is -0.467 e. The third-order valence-electron chi connectivity index (χ3n) is 3.60. The number of ether oxygens (including phenoxy) is 2. The summed E-state index contributed by atoms with van der Waals surface area (Å²) in [5.74, 6) is -1.18. The van der Waals surface area contributed by atoms with Crippen LogP contribution in [0.25, 0.3) is 0 Å². The summed E-state index contributed by atoms with van der Waals surface area (Å²) in [6, 6.07) is 3.66. The van der Waals surface area contributed by atoms with E-state index in [1.165, 1.54) is 30.2 Å². The van der Waals surface area contributed by atoms with Crippen LogP contribution in [0.5, 0.6) is 5.75 Å². The number of hydrogen-bond donors (Lipinski definition) is 0. The van der Waals surface area contributed by atoms with Crippen molar-refractivity contribution in [3.8, 4) is 5.75 Å². The Kier molecular flexibility index (Phi) is 5.83. The molecule has 1 amide bonds. The molecule has 0 N–H and O–H groups in total. The zero-order valence-electron chi connectivity index (χ0n) is 13.7. The van der Waals surface area contributed by atoms with Crippen LogP contribution in [0.4, 0.5) is 4.39 Å². The maximum absolute atomic E-state index is 13.9. The first-order valence-corrected chi connectivity index (χ1v) is 7.92. The molecule has 0 aromatic heterocycles. The Bertz CT molecular complexity index is 675. The fourth-order valence-electron chi connectivity index (χ4n) is 2.47. The molecule has 0 bridgehead atoms. The summed E-state index contributed by atoms with van der Waals surface area (Å²) >= 11 is 5.71. The molecule has 5 nitrogen and oxygen atoms in total. The fraction of sp³-hybridized carbons (Fsp3) is 0.412. The summed E-state index contributed by atoms with van der Waals surface area (Å²) in [5, 5.41) is -0.0680. The van der Waals surface area contributed by atoms with E-state index in [9.17, 15) is 14.0 Å². The van der Waals surface area contributed by atoms with E-state index in [1.807, 2.05) is 13.8 Å². The molecule has 1 unspecified atom stereocenters. The molecular formula is C17H19ClFNO4. The number of methoxy groups -OCH3 is 1. The largest absolute Gasteiger partial charge is 0.467 e. The van der Waals surface area contributed by atoms with Gasteiger partial charge in [0.05, 0.1) is 18.7 Å². The molecule has 0 radical (unpaired) electrons. The number of rotatable bonds is 6. The Hall–Kier alpha value is -2.08. The van der Waals surface area contributed by atoms with Crippen LogP contribution < -0.4 is 4.74 Å². The van der Waals surface area contributed by atoms with E-state index in [0.29, 0.717) is 6.42 Å². The second kappa shape index (κ2) is 7.66. The Morgan fingerprint density at radius 1 is 1.42 bits per heavy atom. The van der Waals surface area contributed by atoms with Crippen molar-refractivity contribution in [1.29, 1.82) is 0 Å². The smallest absolute Gasteiger partial charge is 0.328 e. The van der Waals surface area contributed by atoms with Gasteiger partial charge in [0.2, 0.25) is 0 Å². The van der Waals surface area contributed by atoms with Crippen LogP contribution in [-0.4, -0.2) is 36.5 Å². The molecule has 0 aliphatic carbocycles. The van der Waals surface area contributed by atoms with Gasteiger partial charge in [-0.15, -0.1) is 0 Å². The summed E-state index contributed by atoms with van der Waals surface area (Å²) < 4.78 is 24.1. The van der Waals surface area contributed by atoms with Crippen molar-refractivity contribution >= 4 is 23.5 Å². The zero-order chi connectivity index (χ0) is 17.9. The third-order valence-corrected chi connectivity index (χ3v) is 3.89. The van der Waals surface area contributed by atoms with Gasteiger partial charge in [-0.3, -0.25) is 4.79 Å². The average molecular weight is 356 g/mol. The van der Waals surface area contributed by atoms with E-state index in [-0.39, 0.29) is 34.9 Å². The summed E-state index contributed by atoms with van der Waals surface area (Å²) in [4.78, 5) is 25.6. The number of benzene rings is 1. The molecule has 0 saturated carbocycles. The average Bonchev–Trinajstić information content (AvgIpc) is 2.89. The van der Waals surface area contributed by atoms with E-state index in [1.54, 1.807) is 6.07 Å². The predicted octanol–water partition coefficient (Wildman–Crippen LogP) is 3.17. The number of carbonyl (C=O) groups excluding carboxylic acids is 2. The summed E-state index contributed by atoms with van der Waals surface area (Å²) in [5.41, 5.74) is 0. The van der Waals surface area contributed by atoms with Crippen molar-refractivity contribution in [1.82, 2.24) is 4.90 Å². The van der Waals surface area contributed by atoms with Crippen molar-refractivity contribution in [3.05, 3.63) is 40.9 Å². The SMILES string of the molecule is COC(=O)C(CC(C)C)N1CC(Oc2cccc(Cl)c2F)=CC1=O. The molecule has 130 valence electrons. The van der Waals surface area contributed by atoms with Gasteiger partial charge < -0.3 is 14.4 Å². The van der Waals surface area contributed by atoms with Gasteiger partial charge >= 0.3 is 5.97 Å². The summed E-state index contributed by atoms with van der Waals surface area (Å²) in [6.07, 6.45) is 1.71. The summed E-state index contributed by atoms with van der Waals surface area (Å²) in [6.45, 7) is 3.96. The van der Waals surface area contributed by atoms with Crippen molar-refractivity contribution < 1.29 is 23.5 Å². The molecule has 1 heterocycles. The van der Waals surface area contributed by atoms with E-state index in [0.717, 1.165) is 0 Å². The lowest BCUT2D eigenvalue weighted by Gasteiger charge is -2.27. The van der Waals surface area contributed by atoms with Gasteiger partial charge in [0, 0.05) is 6.08 Å². The van der Waals surface area contributed by atoms with Crippen molar-refractivity contribution in [2.75, 3.05) is 13.7 Å². The molecule has 1 atom stereocenters. The molecule has 1 aromatic rings. The first kappa shape index (κ1) is 18.3. The predicted molar refractivity (Wildman–Crippen MR) is 87.1 cm³/mol. The van der Waals surface area contributed by atoms with Gasteiger partial charge in [-0.05, 0) is 24.5 Å². The normalized spacial score (nSPS) is 15.5. The highest BCUT2D eigenvalue weighted by molar-refractivity contribution is 6.30. The van der Waals surface area contributed by atoms with Crippen molar-refractivity contribution in [3.63, 3.8) is 0 Å².